The first-order valence-electron chi connectivity index (χ1n) is 4.90. The Morgan fingerprint density at radius 3 is 3.00 bits per heavy atom. The zero-order valence-corrected chi connectivity index (χ0v) is 9.55. The third kappa shape index (κ3) is 3.22. The third-order valence-corrected chi connectivity index (χ3v) is 2.23. The van der Waals surface area contributed by atoms with Gasteiger partial charge in [0.1, 0.15) is 12.3 Å². The summed E-state index contributed by atoms with van der Waals surface area (Å²) < 4.78 is 1.43. The predicted molar refractivity (Wildman–Crippen MR) is 64.0 cm³/mol. The number of amides is 1. The molecule has 6 heteroatoms. The molecule has 0 saturated heterocycles. The van der Waals surface area contributed by atoms with Crippen LogP contribution in [0.3, 0.4) is 0 Å². The second kappa shape index (κ2) is 4.88. The molecule has 0 aliphatic rings. The van der Waals surface area contributed by atoms with Gasteiger partial charge in [-0.25, -0.2) is 0 Å². The Hall–Kier alpha value is -2.01. The molecule has 2 N–H and O–H groups in total. The van der Waals surface area contributed by atoms with E-state index in [1.807, 2.05) is 0 Å². The fourth-order valence-electron chi connectivity index (χ4n) is 1.36. The van der Waals surface area contributed by atoms with Crippen molar-refractivity contribution in [2.75, 3.05) is 5.32 Å². The molecule has 0 atom stereocenters. The maximum atomic E-state index is 11.6. The fraction of sp³-hybridized carbons (Fsp3) is 0.0909. The van der Waals surface area contributed by atoms with Crippen molar-refractivity contribution in [1.29, 1.82) is 0 Å². The molecule has 0 aliphatic carbocycles. The summed E-state index contributed by atoms with van der Waals surface area (Å²) in [4.78, 5) is 11.6. The highest BCUT2D eigenvalue weighted by Gasteiger charge is 2.05. The number of nitrogens with zero attached hydrogens (tertiary/aromatic N) is 2. The Labute approximate surface area is 103 Å². The largest absolute Gasteiger partial charge is 0.508 e. The van der Waals surface area contributed by atoms with Crippen LogP contribution >= 0.6 is 11.6 Å². The quantitative estimate of drug-likeness (QED) is 0.875. The molecule has 0 spiro atoms. The number of halogens is 1. The van der Waals surface area contributed by atoms with Crippen LogP contribution in [0.4, 0.5) is 5.69 Å². The van der Waals surface area contributed by atoms with Crippen LogP contribution in [0.5, 0.6) is 5.75 Å². The van der Waals surface area contributed by atoms with E-state index in [0.29, 0.717) is 10.7 Å². The minimum atomic E-state index is -0.240. The third-order valence-electron chi connectivity index (χ3n) is 2.04. The van der Waals surface area contributed by atoms with Crippen LogP contribution < -0.4 is 5.32 Å². The first kappa shape index (κ1) is 11.5. The number of aromatic hydroxyl groups is 1. The van der Waals surface area contributed by atoms with Gasteiger partial charge in [0, 0.05) is 18.0 Å². The number of anilines is 1. The lowest BCUT2D eigenvalue weighted by Gasteiger charge is -2.05. The molecular formula is C11H10ClN3O2. The first-order valence-corrected chi connectivity index (χ1v) is 5.28. The number of phenolic OH excluding ortho intramolecular Hbond substituents is 1. The Morgan fingerprint density at radius 2 is 2.35 bits per heavy atom. The number of nitrogens with one attached hydrogen (secondary N) is 1. The Balaban J connectivity index is 1.98. The van der Waals surface area contributed by atoms with Crippen molar-refractivity contribution in [2.24, 2.45) is 0 Å². The van der Waals surface area contributed by atoms with Crippen molar-refractivity contribution in [3.8, 4) is 5.75 Å². The number of hydrogen-bond acceptors (Lipinski definition) is 3. The molecule has 88 valence electrons. The number of hydrogen-bond donors (Lipinski definition) is 2. The zero-order valence-electron chi connectivity index (χ0n) is 8.80. The van der Waals surface area contributed by atoms with Crippen LogP contribution in [0.2, 0.25) is 5.02 Å². The number of phenols is 1. The number of rotatable bonds is 3. The average Bonchev–Trinajstić information content (AvgIpc) is 2.63. The van der Waals surface area contributed by atoms with Gasteiger partial charge in [-0.3, -0.25) is 9.48 Å². The number of aromatic nitrogens is 2. The standard InChI is InChI=1S/C11H10ClN3O2/c12-8-5-13-15(6-8)7-11(17)14-9-2-1-3-10(16)4-9/h1-6,16H,7H2,(H,14,17). The molecule has 0 fully saturated rings. The minimum Gasteiger partial charge on any atom is -0.508 e. The summed E-state index contributed by atoms with van der Waals surface area (Å²) in [5, 5.41) is 16.2. The molecule has 5 nitrogen and oxygen atoms in total. The summed E-state index contributed by atoms with van der Waals surface area (Å²) in [7, 11) is 0. The Morgan fingerprint density at radius 1 is 1.53 bits per heavy atom. The molecule has 0 aliphatic heterocycles. The molecular weight excluding hydrogens is 242 g/mol. The normalized spacial score (nSPS) is 10.2. The SMILES string of the molecule is O=C(Cn1cc(Cl)cn1)Nc1cccc(O)c1. The van der Waals surface area contributed by atoms with Gasteiger partial charge in [-0.15, -0.1) is 0 Å². The van der Waals surface area contributed by atoms with Crippen LogP contribution in [0.25, 0.3) is 0 Å². The summed E-state index contributed by atoms with van der Waals surface area (Å²) in [5.41, 5.74) is 0.535. The number of carbonyl (C=O) groups is 1. The lowest BCUT2D eigenvalue weighted by Crippen LogP contribution is -2.18. The first-order chi connectivity index (χ1) is 8.13. The van der Waals surface area contributed by atoms with E-state index in [-0.39, 0.29) is 18.2 Å². The summed E-state index contributed by atoms with van der Waals surface area (Å²) in [5.74, 6) is -0.139. The van der Waals surface area contributed by atoms with E-state index in [2.05, 4.69) is 10.4 Å². The van der Waals surface area contributed by atoms with Gasteiger partial charge in [0.05, 0.1) is 11.2 Å². The molecule has 0 unspecified atom stereocenters. The molecule has 17 heavy (non-hydrogen) atoms. The highest BCUT2D eigenvalue weighted by molar-refractivity contribution is 6.30. The highest BCUT2D eigenvalue weighted by atomic mass is 35.5. The van der Waals surface area contributed by atoms with Gasteiger partial charge in [0.25, 0.3) is 0 Å². The van der Waals surface area contributed by atoms with Gasteiger partial charge < -0.3 is 10.4 Å². The second-order valence-electron chi connectivity index (χ2n) is 3.45. The molecule has 2 rings (SSSR count). The monoisotopic (exact) mass is 251 g/mol. The van der Waals surface area contributed by atoms with Gasteiger partial charge in [0.2, 0.25) is 5.91 Å². The molecule has 1 aromatic carbocycles. The maximum absolute atomic E-state index is 11.6. The molecule has 0 radical (unpaired) electrons. The van der Waals surface area contributed by atoms with E-state index in [9.17, 15) is 9.90 Å². The minimum absolute atomic E-state index is 0.0718. The second-order valence-corrected chi connectivity index (χ2v) is 3.89. The number of benzene rings is 1. The zero-order chi connectivity index (χ0) is 12.3. The van der Waals surface area contributed by atoms with Crippen LogP contribution in [-0.2, 0) is 11.3 Å². The lowest BCUT2D eigenvalue weighted by atomic mass is 10.3. The fourth-order valence-corrected chi connectivity index (χ4v) is 1.51. The summed E-state index contributed by atoms with van der Waals surface area (Å²) in [6.45, 7) is 0.0718. The van der Waals surface area contributed by atoms with Crippen molar-refractivity contribution >= 4 is 23.2 Å². The summed E-state index contributed by atoms with van der Waals surface area (Å²) in [6.07, 6.45) is 3.02. The van der Waals surface area contributed by atoms with Crippen molar-refractivity contribution < 1.29 is 9.90 Å². The van der Waals surface area contributed by atoms with Crippen molar-refractivity contribution in [3.05, 3.63) is 41.7 Å². The van der Waals surface area contributed by atoms with Crippen LogP contribution in [0.1, 0.15) is 0 Å². The molecule has 2 aromatic rings. The average molecular weight is 252 g/mol. The Bertz CT molecular complexity index is 539. The van der Waals surface area contributed by atoms with E-state index in [4.69, 9.17) is 11.6 Å². The van der Waals surface area contributed by atoms with Gasteiger partial charge in [-0.05, 0) is 12.1 Å². The molecule has 1 aromatic heterocycles. The van der Waals surface area contributed by atoms with Crippen molar-refractivity contribution in [1.82, 2.24) is 9.78 Å². The van der Waals surface area contributed by atoms with Crippen molar-refractivity contribution in [3.63, 3.8) is 0 Å². The van der Waals surface area contributed by atoms with Gasteiger partial charge in [-0.2, -0.15) is 5.10 Å². The van der Waals surface area contributed by atoms with E-state index >= 15 is 0 Å². The van der Waals surface area contributed by atoms with Gasteiger partial charge >= 0.3 is 0 Å². The lowest BCUT2D eigenvalue weighted by molar-refractivity contribution is -0.116. The van der Waals surface area contributed by atoms with Crippen LogP contribution in [0.15, 0.2) is 36.7 Å². The van der Waals surface area contributed by atoms with E-state index in [0.717, 1.165) is 0 Å². The number of carbonyl (C=O) groups excluding carboxylic acids is 1. The van der Waals surface area contributed by atoms with Crippen LogP contribution in [0, 0.1) is 0 Å². The smallest absolute Gasteiger partial charge is 0.246 e. The predicted octanol–water partition coefficient (Wildman–Crippen LogP) is 1.88. The van der Waals surface area contributed by atoms with Gasteiger partial charge in [0.15, 0.2) is 0 Å². The van der Waals surface area contributed by atoms with E-state index in [1.165, 1.54) is 23.0 Å². The summed E-state index contributed by atoms with van der Waals surface area (Å²) >= 11 is 5.68. The molecule has 1 heterocycles. The highest BCUT2D eigenvalue weighted by Crippen LogP contribution is 2.15. The maximum Gasteiger partial charge on any atom is 0.246 e. The van der Waals surface area contributed by atoms with Crippen molar-refractivity contribution in [2.45, 2.75) is 6.54 Å². The van der Waals surface area contributed by atoms with E-state index in [1.54, 1.807) is 18.3 Å². The molecule has 1 amide bonds. The molecule has 0 bridgehead atoms. The summed E-state index contributed by atoms with van der Waals surface area (Å²) in [6, 6.07) is 6.33. The topological polar surface area (TPSA) is 67.2 Å². The Kier molecular flexibility index (Phi) is 3.30. The van der Waals surface area contributed by atoms with E-state index < -0.39 is 0 Å². The van der Waals surface area contributed by atoms with Crippen LogP contribution in [-0.4, -0.2) is 20.8 Å². The molecule has 0 saturated carbocycles. The van der Waals surface area contributed by atoms with Gasteiger partial charge in [-0.1, -0.05) is 17.7 Å².